The third-order valence-corrected chi connectivity index (χ3v) is 10.9. The first-order valence-corrected chi connectivity index (χ1v) is 15.6. The molecule has 0 saturated carbocycles. The van der Waals surface area contributed by atoms with Crippen LogP contribution >= 0.6 is 0 Å². The van der Waals surface area contributed by atoms with Crippen molar-refractivity contribution in [1.82, 2.24) is 20.4 Å². The molecule has 0 aliphatic carbocycles. The number of anilines is 2. The Balaban J connectivity index is 1.35. The summed E-state index contributed by atoms with van der Waals surface area (Å²) in [5.74, 6) is -0.586. The first-order chi connectivity index (χ1) is 21.4. The Hall–Kier alpha value is -4.60. The quantitative estimate of drug-likeness (QED) is 0.396. The standard InChI is InChI=1S/C34H36N6O4/c1-3-5-13-23-29(43)39-25(27(41)35-23)17-33(19-11-7-9-15-21(19)37-31(33)39)34-18-26-28(42)36-24(14-6-4-2)30(44)40(26)32(34)38-22-16-10-8-12-20(22)34/h3-12,15-16,23-26,31-32,37-38H,13-14,17-18H2,1-2H3,(H,35,41)(H,36,42)/t23-,24-,25-,26-,31+,32+,33-,34+/m0/s1. The van der Waals surface area contributed by atoms with E-state index in [0.29, 0.717) is 25.7 Å². The minimum Gasteiger partial charge on any atom is -0.364 e. The highest BCUT2D eigenvalue weighted by molar-refractivity contribution is 6.01. The Bertz CT molecular complexity index is 1550. The normalized spacial score (nSPS) is 36.3. The molecule has 6 aliphatic rings. The molecular formula is C34H36N6O4. The fourth-order valence-corrected chi connectivity index (χ4v) is 9.27. The summed E-state index contributed by atoms with van der Waals surface area (Å²) in [7, 11) is 0. The van der Waals surface area contributed by atoms with Gasteiger partial charge in [0.25, 0.3) is 0 Å². The number of allylic oxidation sites excluding steroid dienone is 2. The van der Waals surface area contributed by atoms with Crippen LogP contribution < -0.4 is 21.3 Å². The third kappa shape index (κ3) is 3.20. The third-order valence-electron chi connectivity index (χ3n) is 10.9. The number of para-hydroxylation sites is 2. The van der Waals surface area contributed by atoms with Gasteiger partial charge in [0.15, 0.2) is 0 Å². The van der Waals surface area contributed by atoms with Gasteiger partial charge in [-0.25, -0.2) is 0 Å². The predicted molar refractivity (Wildman–Crippen MR) is 164 cm³/mol. The number of piperazine rings is 2. The fourth-order valence-electron chi connectivity index (χ4n) is 9.27. The van der Waals surface area contributed by atoms with Crippen LogP contribution in [0.25, 0.3) is 0 Å². The zero-order chi connectivity index (χ0) is 30.4. The van der Waals surface area contributed by atoms with Crippen LogP contribution in [0.2, 0.25) is 0 Å². The van der Waals surface area contributed by atoms with Crippen molar-refractivity contribution in [2.45, 2.75) is 86.9 Å². The minimum absolute atomic E-state index is 0.122. The molecule has 4 saturated heterocycles. The van der Waals surface area contributed by atoms with E-state index in [1.807, 2.05) is 74.5 Å². The molecule has 0 spiro atoms. The van der Waals surface area contributed by atoms with Gasteiger partial charge in [0, 0.05) is 11.4 Å². The number of nitrogens with zero attached hydrogens (tertiary/aromatic N) is 2. The molecule has 0 aromatic heterocycles. The van der Waals surface area contributed by atoms with E-state index in [4.69, 9.17) is 0 Å². The average molecular weight is 593 g/mol. The molecule has 10 nitrogen and oxygen atoms in total. The number of carbonyl (C=O) groups excluding carboxylic acids is 4. The number of hydrogen-bond donors (Lipinski definition) is 4. The summed E-state index contributed by atoms with van der Waals surface area (Å²) in [6.45, 7) is 3.79. The van der Waals surface area contributed by atoms with Crippen LogP contribution in [0, 0.1) is 0 Å². The van der Waals surface area contributed by atoms with Crippen LogP contribution in [0.1, 0.15) is 50.7 Å². The Labute approximate surface area is 255 Å². The van der Waals surface area contributed by atoms with Crippen molar-refractivity contribution in [2.75, 3.05) is 10.6 Å². The number of fused-ring (bicyclic) bond motifs is 11. The van der Waals surface area contributed by atoms with Crippen LogP contribution in [0.3, 0.4) is 0 Å². The van der Waals surface area contributed by atoms with Gasteiger partial charge in [-0.2, -0.15) is 0 Å². The van der Waals surface area contributed by atoms with E-state index >= 15 is 0 Å². The van der Waals surface area contributed by atoms with Crippen LogP contribution in [0.15, 0.2) is 72.8 Å². The largest absolute Gasteiger partial charge is 0.364 e. The van der Waals surface area contributed by atoms with Gasteiger partial charge in [0.1, 0.15) is 36.5 Å². The van der Waals surface area contributed by atoms with Crippen molar-refractivity contribution in [2.24, 2.45) is 0 Å². The lowest BCUT2D eigenvalue weighted by molar-refractivity contribution is -0.149. The minimum atomic E-state index is -0.822. The number of amides is 4. The summed E-state index contributed by atoms with van der Waals surface area (Å²) < 4.78 is 0. The summed E-state index contributed by atoms with van der Waals surface area (Å²) in [5, 5.41) is 13.4. The monoisotopic (exact) mass is 592 g/mol. The van der Waals surface area contributed by atoms with Crippen LogP contribution in [-0.4, -0.2) is 69.9 Å². The van der Waals surface area contributed by atoms with Crippen LogP contribution in [0.5, 0.6) is 0 Å². The van der Waals surface area contributed by atoms with Crippen molar-refractivity contribution in [3.8, 4) is 0 Å². The summed E-state index contributed by atoms with van der Waals surface area (Å²) in [6, 6.07) is 13.4. The number of rotatable bonds is 5. The summed E-state index contributed by atoms with van der Waals surface area (Å²) in [5.41, 5.74) is 2.18. The number of nitrogens with one attached hydrogen (secondary N) is 4. The lowest BCUT2D eigenvalue weighted by Gasteiger charge is -2.48. The van der Waals surface area contributed by atoms with E-state index in [-0.39, 0.29) is 23.6 Å². The van der Waals surface area contributed by atoms with E-state index in [1.54, 1.807) is 9.80 Å². The smallest absolute Gasteiger partial charge is 0.247 e. The SMILES string of the molecule is CC=CC[C@@H]1NC(=O)[C@@H]2C[C@]3([C@@]45C[C@H]6C(=O)N[C@@H](CC=CC)C(=O)N6[C@H]4Nc4ccccc45)c4ccccc4N[C@@H]3N2C1=O. The van der Waals surface area contributed by atoms with E-state index in [2.05, 4.69) is 33.4 Å². The molecule has 10 heteroatoms. The second-order valence-corrected chi connectivity index (χ2v) is 12.8. The molecule has 2 aromatic carbocycles. The summed E-state index contributed by atoms with van der Waals surface area (Å²) >= 11 is 0. The molecule has 4 fully saturated rings. The van der Waals surface area contributed by atoms with Gasteiger partial charge in [-0.1, -0.05) is 60.7 Å². The van der Waals surface area contributed by atoms with Crippen molar-refractivity contribution in [3.05, 3.63) is 84.0 Å². The molecule has 4 N–H and O–H groups in total. The highest BCUT2D eigenvalue weighted by Crippen LogP contribution is 2.68. The number of hydrogen-bond acceptors (Lipinski definition) is 6. The van der Waals surface area contributed by atoms with Crippen LogP contribution in [0.4, 0.5) is 11.4 Å². The lowest BCUT2D eigenvalue weighted by atomic mass is 9.54. The molecule has 2 aromatic rings. The van der Waals surface area contributed by atoms with Crippen molar-refractivity contribution in [3.63, 3.8) is 0 Å². The molecule has 8 rings (SSSR count). The second-order valence-electron chi connectivity index (χ2n) is 12.8. The zero-order valence-electron chi connectivity index (χ0n) is 24.7. The van der Waals surface area contributed by atoms with Crippen molar-refractivity contribution >= 4 is 35.0 Å². The highest BCUT2D eigenvalue weighted by Gasteiger charge is 2.78. The Morgan fingerprint density at radius 1 is 0.659 bits per heavy atom. The van der Waals surface area contributed by atoms with Crippen molar-refractivity contribution < 1.29 is 19.2 Å². The molecule has 0 bridgehead atoms. The van der Waals surface area contributed by atoms with E-state index in [0.717, 1.165) is 22.5 Å². The molecule has 4 amide bonds. The van der Waals surface area contributed by atoms with E-state index < -0.39 is 47.3 Å². The maximum Gasteiger partial charge on any atom is 0.247 e. The Kier molecular flexibility index (Phi) is 5.79. The zero-order valence-corrected chi connectivity index (χ0v) is 24.7. The maximum absolute atomic E-state index is 14.2. The molecule has 8 atom stereocenters. The van der Waals surface area contributed by atoms with Crippen LogP contribution in [-0.2, 0) is 30.0 Å². The second kappa shape index (κ2) is 9.45. The van der Waals surface area contributed by atoms with Gasteiger partial charge in [-0.3, -0.25) is 19.2 Å². The topological polar surface area (TPSA) is 123 Å². The molecule has 0 radical (unpaired) electrons. The Morgan fingerprint density at radius 2 is 1.07 bits per heavy atom. The lowest BCUT2D eigenvalue weighted by Crippen LogP contribution is -2.66. The summed E-state index contributed by atoms with van der Waals surface area (Å²) in [4.78, 5) is 59.6. The molecule has 0 unspecified atom stereocenters. The first-order valence-electron chi connectivity index (χ1n) is 15.6. The van der Waals surface area contributed by atoms with Gasteiger partial charge in [-0.05, 0) is 62.8 Å². The van der Waals surface area contributed by atoms with Gasteiger partial charge in [0.05, 0.1) is 10.8 Å². The fraction of sp³-hybridized carbons (Fsp3) is 0.412. The molecule has 6 aliphatic heterocycles. The van der Waals surface area contributed by atoms with Gasteiger partial charge < -0.3 is 31.1 Å². The summed E-state index contributed by atoms with van der Waals surface area (Å²) in [6.07, 6.45) is 8.01. The molecular weight excluding hydrogens is 556 g/mol. The number of benzene rings is 2. The van der Waals surface area contributed by atoms with Gasteiger partial charge in [-0.15, -0.1) is 0 Å². The molecule has 44 heavy (non-hydrogen) atoms. The van der Waals surface area contributed by atoms with E-state index in [1.165, 1.54) is 0 Å². The number of carbonyl (C=O) groups is 4. The van der Waals surface area contributed by atoms with Gasteiger partial charge in [0.2, 0.25) is 23.6 Å². The predicted octanol–water partition coefficient (Wildman–Crippen LogP) is 2.50. The Morgan fingerprint density at radius 3 is 1.48 bits per heavy atom. The maximum atomic E-state index is 14.2. The molecule has 226 valence electrons. The van der Waals surface area contributed by atoms with Gasteiger partial charge >= 0.3 is 0 Å². The average Bonchev–Trinajstić information content (AvgIpc) is 3.74. The van der Waals surface area contributed by atoms with E-state index in [9.17, 15) is 19.2 Å². The highest BCUT2D eigenvalue weighted by atomic mass is 16.2. The van der Waals surface area contributed by atoms with Crippen molar-refractivity contribution in [1.29, 1.82) is 0 Å². The molecule has 6 heterocycles. The first kappa shape index (κ1) is 27.0.